The maximum atomic E-state index is 10.7. The number of hydrogen-bond acceptors (Lipinski definition) is 4. The summed E-state index contributed by atoms with van der Waals surface area (Å²) in [5.41, 5.74) is 0.0954. The Morgan fingerprint density at radius 3 is 2.94 bits per heavy atom. The molecule has 0 aliphatic heterocycles. The fraction of sp³-hybridized carbons (Fsp3) is 0.455. The van der Waals surface area contributed by atoms with Gasteiger partial charge in [0.15, 0.2) is 0 Å². The van der Waals surface area contributed by atoms with E-state index in [0.717, 1.165) is 13.0 Å². The highest BCUT2D eigenvalue weighted by atomic mass is 35.5. The minimum absolute atomic E-state index is 0.0954. The van der Waals surface area contributed by atoms with Crippen molar-refractivity contribution in [2.24, 2.45) is 0 Å². The van der Waals surface area contributed by atoms with E-state index in [1.165, 1.54) is 12.3 Å². The van der Waals surface area contributed by atoms with Gasteiger partial charge in [-0.3, -0.25) is 0 Å². The molecule has 6 heteroatoms. The van der Waals surface area contributed by atoms with Crippen LogP contribution in [0.15, 0.2) is 12.3 Å². The molecule has 0 aromatic carbocycles. The van der Waals surface area contributed by atoms with Crippen LogP contribution in [0.5, 0.6) is 0 Å². The lowest BCUT2D eigenvalue weighted by molar-refractivity contribution is 0.0696. The third kappa shape index (κ3) is 4.44. The average Bonchev–Trinajstić information content (AvgIpc) is 2.30. The molecule has 0 aliphatic carbocycles. The molecule has 1 unspecified atom stereocenters. The highest BCUT2D eigenvalue weighted by Crippen LogP contribution is 2.20. The number of pyridine rings is 1. The Bertz CT molecular complexity index is 401. The van der Waals surface area contributed by atoms with Gasteiger partial charge < -0.3 is 10.4 Å². The van der Waals surface area contributed by atoms with Crippen molar-refractivity contribution in [3.8, 4) is 0 Å². The predicted molar refractivity (Wildman–Crippen MR) is 72.3 cm³/mol. The number of carboxylic acid groups (broad SMARTS) is 1. The SMILES string of the molecule is CSC(C)CCNc1ncc(C(=O)O)cc1Cl. The van der Waals surface area contributed by atoms with Crippen LogP contribution in [0.3, 0.4) is 0 Å². The summed E-state index contributed by atoms with van der Waals surface area (Å²) in [6.45, 7) is 2.91. The van der Waals surface area contributed by atoms with Crippen LogP contribution in [0.25, 0.3) is 0 Å². The number of aromatic nitrogens is 1. The zero-order valence-corrected chi connectivity index (χ0v) is 11.3. The standard InChI is InChI=1S/C11H15ClN2O2S/c1-7(17-2)3-4-13-10-9(12)5-8(6-14-10)11(15)16/h5-7H,3-4H2,1-2H3,(H,13,14)(H,15,16). The largest absolute Gasteiger partial charge is 0.478 e. The van der Waals surface area contributed by atoms with E-state index >= 15 is 0 Å². The first-order valence-electron chi connectivity index (χ1n) is 5.20. The van der Waals surface area contributed by atoms with Gasteiger partial charge in [0, 0.05) is 18.0 Å². The number of nitrogens with one attached hydrogen (secondary N) is 1. The Morgan fingerprint density at radius 2 is 2.41 bits per heavy atom. The second-order valence-corrected chi connectivity index (χ2v) is 5.30. The smallest absolute Gasteiger partial charge is 0.337 e. The Kier molecular flexibility index (Phi) is 5.58. The summed E-state index contributed by atoms with van der Waals surface area (Å²) in [6, 6.07) is 1.40. The molecule has 1 aromatic heterocycles. The van der Waals surface area contributed by atoms with E-state index in [9.17, 15) is 4.79 Å². The van der Waals surface area contributed by atoms with Crippen molar-refractivity contribution < 1.29 is 9.90 Å². The lowest BCUT2D eigenvalue weighted by Gasteiger charge is -2.10. The van der Waals surface area contributed by atoms with Gasteiger partial charge in [-0.1, -0.05) is 18.5 Å². The van der Waals surface area contributed by atoms with Gasteiger partial charge in [0.2, 0.25) is 0 Å². The number of halogens is 1. The number of carboxylic acids is 1. The van der Waals surface area contributed by atoms with E-state index < -0.39 is 5.97 Å². The molecule has 17 heavy (non-hydrogen) atoms. The summed E-state index contributed by atoms with van der Waals surface area (Å²) in [5, 5.41) is 12.8. The normalized spacial score (nSPS) is 12.2. The fourth-order valence-corrected chi connectivity index (χ4v) is 1.78. The van der Waals surface area contributed by atoms with Gasteiger partial charge in [-0.15, -0.1) is 0 Å². The van der Waals surface area contributed by atoms with Crippen molar-refractivity contribution in [1.29, 1.82) is 0 Å². The van der Waals surface area contributed by atoms with Crippen molar-refractivity contribution in [1.82, 2.24) is 4.98 Å². The molecule has 0 saturated carbocycles. The van der Waals surface area contributed by atoms with Crippen molar-refractivity contribution in [3.05, 3.63) is 22.8 Å². The lowest BCUT2D eigenvalue weighted by Crippen LogP contribution is -2.09. The zero-order chi connectivity index (χ0) is 12.8. The van der Waals surface area contributed by atoms with Crippen LogP contribution in [-0.2, 0) is 0 Å². The van der Waals surface area contributed by atoms with Gasteiger partial charge in [-0.2, -0.15) is 11.8 Å². The van der Waals surface area contributed by atoms with E-state index in [1.807, 2.05) is 0 Å². The van der Waals surface area contributed by atoms with Crippen LogP contribution in [0, 0.1) is 0 Å². The predicted octanol–water partition coefficient (Wildman–Crippen LogP) is 2.99. The molecular weight excluding hydrogens is 260 g/mol. The van der Waals surface area contributed by atoms with Crippen molar-refractivity contribution in [2.45, 2.75) is 18.6 Å². The first-order valence-corrected chi connectivity index (χ1v) is 6.86. The first kappa shape index (κ1) is 14.1. The molecule has 0 radical (unpaired) electrons. The molecule has 1 rings (SSSR count). The van der Waals surface area contributed by atoms with Crippen LogP contribution in [0.4, 0.5) is 5.82 Å². The molecule has 0 spiro atoms. The number of carbonyl (C=O) groups is 1. The molecular formula is C11H15ClN2O2S. The third-order valence-corrected chi connectivity index (χ3v) is 3.66. The zero-order valence-electron chi connectivity index (χ0n) is 9.74. The number of aromatic carboxylic acids is 1. The number of hydrogen-bond donors (Lipinski definition) is 2. The van der Waals surface area contributed by atoms with Crippen molar-refractivity contribution in [2.75, 3.05) is 18.1 Å². The molecule has 1 heterocycles. The summed E-state index contributed by atoms with van der Waals surface area (Å²) >= 11 is 7.73. The molecule has 2 N–H and O–H groups in total. The van der Waals surface area contributed by atoms with Gasteiger partial charge in [-0.05, 0) is 18.7 Å². The highest BCUT2D eigenvalue weighted by Gasteiger charge is 2.08. The molecule has 0 amide bonds. The molecule has 1 atom stereocenters. The molecule has 94 valence electrons. The van der Waals surface area contributed by atoms with Crippen molar-refractivity contribution >= 4 is 35.1 Å². The average molecular weight is 275 g/mol. The third-order valence-electron chi connectivity index (χ3n) is 2.33. The van der Waals surface area contributed by atoms with E-state index in [-0.39, 0.29) is 5.56 Å². The molecule has 4 nitrogen and oxygen atoms in total. The first-order chi connectivity index (χ1) is 8.04. The second-order valence-electron chi connectivity index (χ2n) is 3.62. The van der Waals surface area contributed by atoms with Crippen molar-refractivity contribution in [3.63, 3.8) is 0 Å². The maximum absolute atomic E-state index is 10.7. The summed E-state index contributed by atoms with van der Waals surface area (Å²) in [5.74, 6) is -0.494. The van der Waals surface area contributed by atoms with Crippen LogP contribution >= 0.6 is 23.4 Å². The quantitative estimate of drug-likeness (QED) is 0.835. The van der Waals surface area contributed by atoms with E-state index in [0.29, 0.717) is 16.1 Å². The van der Waals surface area contributed by atoms with Crippen LogP contribution in [0.2, 0.25) is 5.02 Å². The van der Waals surface area contributed by atoms with Crippen LogP contribution in [0.1, 0.15) is 23.7 Å². The maximum Gasteiger partial charge on any atom is 0.337 e. The molecule has 0 aliphatic rings. The van der Waals surface area contributed by atoms with E-state index in [2.05, 4.69) is 23.5 Å². The van der Waals surface area contributed by atoms with Gasteiger partial charge >= 0.3 is 5.97 Å². The van der Waals surface area contributed by atoms with E-state index in [1.54, 1.807) is 11.8 Å². The minimum atomic E-state index is -1.03. The van der Waals surface area contributed by atoms with Crippen LogP contribution in [-0.4, -0.2) is 34.1 Å². The molecule has 1 aromatic rings. The van der Waals surface area contributed by atoms with Crippen LogP contribution < -0.4 is 5.32 Å². The second kappa shape index (κ2) is 6.71. The minimum Gasteiger partial charge on any atom is -0.478 e. The number of thioether (sulfide) groups is 1. The number of anilines is 1. The summed E-state index contributed by atoms with van der Waals surface area (Å²) in [7, 11) is 0. The van der Waals surface area contributed by atoms with E-state index in [4.69, 9.17) is 16.7 Å². The molecule has 0 bridgehead atoms. The summed E-state index contributed by atoms with van der Waals surface area (Å²) in [6.07, 6.45) is 4.37. The van der Waals surface area contributed by atoms with Gasteiger partial charge in [0.05, 0.1) is 10.6 Å². The summed E-state index contributed by atoms with van der Waals surface area (Å²) in [4.78, 5) is 14.7. The van der Waals surface area contributed by atoms with Gasteiger partial charge in [-0.25, -0.2) is 9.78 Å². The Labute approximate surface area is 110 Å². The highest BCUT2D eigenvalue weighted by molar-refractivity contribution is 7.99. The Hall–Kier alpha value is -0.940. The van der Waals surface area contributed by atoms with Gasteiger partial charge in [0.1, 0.15) is 5.82 Å². The number of nitrogens with zero attached hydrogens (tertiary/aromatic N) is 1. The lowest BCUT2D eigenvalue weighted by atomic mass is 10.3. The summed E-state index contributed by atoms with van der Waals surface area (Å²) < 4.78 is 0. The fourth-order valence-electron chi connectivity index (χ4n) is 1.20. The van der Waals surface area contributed by atoms with Gasteiger partial charge in [0.25, 0.3) is 0 Å². The topological polar surface area (TPSA) is 62.2 Å². The Morgan fingerprint density at radius 1 is 1.71 bits per heavy atom. The monoisotopic (exact) mass is 274 g/mol. The molecule has 0 fully saturated rings. The molecule has 0 saturated heterocycles. The number of rotatable bonds is 6. The Balaban J connectivity index is 2.57.